The highest BCUT2D eigenvalue weighted by atomic mass is 16.5. The Kier molecular flexibility index (Phi) is 4.74. The van der Waals surface area contributed by atoms with Crippen molar-refractivity contribution in [1.82, 2.24) is 15.8 Å². The molecule has 0 unspecified atom stereocenters. The molecule has 104 valence electrons. The van der Waals surface area contributed by atoms with Gasteiger partial charge in [-0.05, 0) is 33.2 Å². The Bertz CT molecular complexity index is 458. The van der Waals surface area contributed by atoms with E-state index in [9.17, 15) is 4.79 Å². The second-order valence-electron chi connectivity index (χ2n) is 4.90. The average molecular weight is 263 g/mol. The van der Waals surface area contributed by atoms with Gasteiger partial charge in [-0.2, -0.15) is 0 Å². The van der Waals surface area contributed by atoms with Crippen molar-refractivity contribution in [1.29, 1.82) is 0 Å². The first-order chi connectivity index (χ1) is 9.16. The van der Waals surface area contributed by atoms with Gasteiger partial charge in [-0.15, -0.1) is 0 Å². The summed E-state index contributed by atoms with van der Waals surface area (Å²) in [6.45, 7) is 6.39. The standard InChI is InChI=1S/C14H21N3O2/c1-10-13(11(2)19-17-10)9-14(18)16-8-5-12-3-6-15-7-4-12/h3,15H,4-9H2,1-2H3,(H,16,18). The van der Waals surface area contributed by atoms with Gasteiger partial charge in [-0.3, -0.25) is 4.79 Å². The Hall–Kier alpha value is -1.62. The zero-order chi connectivity index (χ0) is 13.7. The summed E-state index contributed by atoms with van der Waals surface area (Å²) in [5, 5.41) is 10.1. The average Bonchev–Trinajstić information content (AvgIpc) is 2.72. The van der Waals surface area contributed by atoms with Crippen LogP contribution in [0.1, 0.15) is 29.9 Å². The Morgan fingerprint density at radius 3 is 3.00 bits per heavy atom. The lowest BCUT2D eigenvalue weighted by molar-refractivity contribution is -0.120. The van der Waals surface area contributed by atoms with E-state index >= 15 is 0 Å². The summed E-state index contributed by atoms with van der Waals surface area (Å²) in [4.78, 5) is 11.8. The molecule has 0 fully saturated rings. The molecule has 0 radical (unpaired) electrons. The second kappa shape index (κ2) is 6.52. The molecule has 0 spiro atoms. The van der Waals surface area contributed by atoms with Gasteiger partial charge >= 0.3 is 0 Å². The number of aromatic nitrogens is 1. The first-order valence-corrected chi connectivity index (χ1v) is 6.74. The van der Waals surface area contributed by atoms with Gasteiger partial charge in [0.25, 0.3) is 0 Å². The molecule has 0 saturated heterocycles. The van der Waals surface area contributed by atoms with Gasteiger partial charge in [0.05, 0.1) is 12.1 Å². The third kappa shape index (κ3) is 3.92. The molecule has 1 aromatic heterocycles. The van der Waals surface area contributed by atoms with Crippen molar-refractivity contribution in [3.8, 4) is 0 Å². The zero-order valence-electron chi connectivity index (χ0n) is 11.6. The second-order valence-corrected chi connectivity index (χ2v) is 4.90. The topological polar surface area (TPSA) is 67.2 Å². The van der Waals surface area contributed by atoms with E-state index in [-0.39, 0.29) is 5.91 Å². The Morgan fingerprint density at radius 1 is 1.53 bits per heavy atom. The van der Waals surface area contributed by atoms with Gasteiger partial charge in [0.2, 0.25) is 5.91 Å². The summed E-state index contributed by atoms with van der Waals surface area (Å²) in [6.07, 6.45) is 4.58. The molecule has 1 aromatic rings. The number of carbonyl (C=O) groups is 1. The number of aryl methyl sites for hydroxylation is 2. The molecule has 5 nitrogen and oxygen atoms in total. The van der Waals surface area contributed by atoms with Gasteiger partial charge in [-0.1, -0.05) is 16.8 Å². The van der Waals surface area contributed by atoms with Gasteiger partial charge in [0.1, 0.15) is 5.76 Å². The number of carbonyl (C=O) groups excluding carboxylic acids is 1. The van der Waals surface area contributed by atoms with Crippen LogP contribution in [0.4, 0.5) is 0 Å². The Balaban J connectivity index is 1.74. The van der Waals surface area contributed by atoms with Crippen LogP contribution in [0.2, 0.25) is 0 Å². The van der Waals surface area contributed by atoms with E-state index in [0.717, 1.165) is 42.9 Å². The highest BCUT2D eigenvalue weighted by Crippen LogP contribution is 2.13. The highest BCUT2D eigenvalue weighted by Gasteiger charge is 2.13. The number of amides is 1. The molecule has 19 heavy (non-hydrogen) atoms. The predicted octanol–water partition coefficient (Wildman–Crippen LogP) is 1.26. The van der Waals surface area contributed by atoms with Crippen molar-refractivity contribution in [3.63, 3.8) is 0 Å². The third-order valence-corrected chi connectivity index (χ3v) is 3.44. The van der Waals surface area contributed by atoms with E-state index < -0.39 is 0 Å². The predicted molar refractivity (Wildman–Crippen MR) is 72.9 cm³/mol. The molecule has 1 amide bonds. The molecule has 0 saturated carbocycles. The summed E-state index contributed by atoms with van der Waals surface area (Å²) < 4.78 is 5.05. The first-order valence-electron chi connectivity index (χ1n) is 6.74. The third-order valence-electron chi connectivity index (χ3n) is 3.44. The Labute approximate surface area is 113 Å². The van der Waals surface area contributed by atoms with Crippen LogP contribution in [0, 0.1) is 13.8 Å². The maximum atomic E-state index is 11.8. The monoisotopic (exact) mass is 263 g/mol. The zero-order valence-corrected chi connectivity index (χ0v) is 11.6. The van der Waals surface area contributed by atoms with Crippen molar-refractivity contribution >= 4 is 5.91 Å². The fourth-order valence-corrected chi connectivity index (χ4v) is 2.24. The van der Waals surface area contributed by atoms with Crippen LogP contribution in [0.25, 0.3) is 0 Å². The molecule has 2 heterocycles. The van der Waals surface area contributed by atoms with E-state index in [0.29, 0.717) is 13.0 Å². The summed E-state index contributed by atoms with van der Waals surface area (Å²) in [6, 6.07) is 0. The van der Waals surface area contributed by atoms with Crippen LogP contribution >= 0.6 is 0 Å². The number of rotatable bonds is 5. The van der Waals surface area contributed by atoms with Gasteiger partial charge in [0.15, 0.2) is 0 Å². The Morgan fingerprint density at radius 2 is 2.37 bits per heavy atom. The maximum absolute atomic E-state index is 11.8. The fourth-order valence-electron chi connectivity index (χ4n) is 2.24. The number of nitrogens with zero attached hydrogens (tertiary/aromatic N) is 1. The van der Waals surface area contributed by atoms with E-state index in [2.05, 4.69) is 21.9 Å². The lowest BCUT2D eigenvalue weighted by Gasteiger charge is -2.14. The quantitative estimate of drug-likeness (QED) is 0.785. The molecule has 2 N–H and O–H groups in total. The number of hydrogen-bond donors (Lipinski definition) is 2. The van der Waals surface area contributed by atoms with Gasteiger partial charge < -0.3 is 15.2 Å². The van der Waals surface area contributed by atoms with Gasteiger partial charge in [-0.25, -0.2) is 0 Å². The molecule has 1 aliphatic heterocycles. The number of nitrogens with one attached hydrogen (secondary N) is 2. The minimum absolute atomic E-state index is 0.0314. The van der Waals surface area contributed by atoms with Crippen LogP contribution < -0.4 is 10.6 Å². The van der Waals surface area contributed by atoms with E-state index in [4.69, 9.17) is 4.52 Å². The van der Waals surface area contributed by atoms with Crippen LogP contribution in [-0.2, 0) is 11.2 Å². The molecular weight excluding hydrogens is 242 g/mol. The largest absolute Gasteiger partial charge is 0.361 e. The summed E-state index contributed by atoms with van der Waals surface area (Å²) in [5.41, 5.74) is 3.13. The van der Waals surface area contributed by atoms with Crippen LogP contribution in [0.5, 0.6) is 0 Å². The summed E-state index contributed by atoms with van der Waals surface area (Å²) in [7, 11) is 0. The van der Waals surface area contributed by atoms with Crippen molar-refractivity contribution in [2.24, 2.45) is 0 Å². The minimum Gasteiger partial charge on any atom is -0.361 e. The van der Waals surface area contributed by atoms with Crippen LogP contribution in [-0.4, -0.2) is 30.7 Å². The van der Waals surface area contributed by atoms with E-state index in [1.807, 2.05) is 13.8 Å². The van der Waals surface area contributed by atoms with Crippen molar-refractivity contribution in [2.45, 2.75) is 33.1 Å². The van der Waals surface area contributed by atoms with Crippen molar-refractivity contribution in [3.05, 3.63) is 28.7 Å². The van der Waals surface area contributed by atoms with Crippen LogP contribution in [0.15, 0.2) is 16.2 Å². The molecule has 0 aliphatic carbocycles. The van der Waals surface area contributed by atoms with E-state index in [1.165, 1.54) is 5.57 Å². The first kappa shape index (κ1) is 13.8. The molecule has 1 aliphatic rings. The lowest BCUT2D eigenvalue weighted by Crippen LogP contribution is -2.28. The SMILES string of the molecule is Cc1noc(C)c1CC(=O)NCCC1=CCNCC1. The molecule has 2 rings (SSSR count). The van der Waals surface area contributed by atoms with Crippen LogP contribution in [0.3, 0.4) is 0 Å². The summed E-state index contributed by atoms with van der Waals surface area (Å²) >= 11 is 0. The minimum atomic E-state index is 0.0314. The van der Waals surface area contributed by atoms with Crippen molar-refractivity contribution < 1.29 is 9.32 Å². The smallest absolute Gasteiger partial charge is 0.224 e. The normalized spacial score (nSPS) is 15.2. The molecule has 5 heteroatoms. The molecule has 0 bridgehead atoms. The van der Waals surface area contributed by atoms with Gasteiger partial charge in [0, 0.05) is 18.7 Å². The molecule has 0 atom stereocenters. The maximum Gasteiger partial charge on any atom is 0.224 e. The molecular formula is C14H21N3O2. The number of hydrogen-bond acceptors (Lipinski definition) is 4. The van der Waals surface area contributed by atoms with Crippen molar-refractivity contribution in [2.75, 3.05) is 19.6 Å². The molecule has 0 aromatic carbocycles. The summed E-state index contributed by atoms with van der Waals surface area (Å²) in [5.74, 6) is 0.762. The highest BCUT2D eigenvalue weighted by molar-refractivity contribution is 5.78. The van der Waals surface area contributed by atoms with E-state index in [1.54, 1.807) is 0 Å². The lowest BCUT2D eigenvalue weighted by atomic mass is 10.1. The fraction of sp³-hybridized carbons (Fsp3) is 0.571.